The van der Waals surface area contributed by atoms with Gasteiger partial charge in [-0.25, -0.2) is 0 Å². The van der Waals surface area contributed by atoms with Gasteiger partial charge in [0.1, 0.15) is 0 Å². The van der Waals surface area contributed by atoms with Crippen molar-refractivity contribution in [3.05, 3.63) is 34.9 Å². The third-order valence-corrected chi connectivity index (χ3v) is 3.91. The maximum atomic E-state index is 6.15. The number of hydrogen-bond acceptors (Lipinski definition) is 1. The molecule has 16 heavy (non-hydrogen) atoms. The van der Waals surface area contributed by atoms with Crippen molar-refractivity contribution in [3.8, 4) is 0 Å². The van der Waals surface area contributed by atoms with E-state index in [1.165, 1.54) is 16.7 Å². The van der Waals surface area contributed by atoms with Crippen LogP contribution in [0.5, 0.6) is 0 Å². The van der Waals surface area contributed by atoms with Gasteiger partial charge in [0.15, 0.2) is 0 Å². The third kappa shape index (κ3) is 3.23. The normalized spacial score (nSPS) is 13.9. The maximum absolute atomic E-state index is 6.15. The van der Waals surface area contributed by atoms with E-state index >= 15 is 0 Å². The highest BCUT2D eigenvalue weighted by molar-refractivity contribution is 6.21. The first-order valence-corrected chi connectivity index (χ1v) is 6.22. The van der Waals surface area contributed by atoms with Crippen molar-refractivity contribution in [3.63, 3.8) is 0 Å². The van der Waals surface area contributed by atoms with Crippen molar-refractivity contribution in [1.82, 2.24) is 5.32 Å². The van der Waals surface area contributed by atoms with E-state index in [-0.39, 0.29) is 10.9 Å². The van der Waals surface area contributed by atoms with Gasteiger partial charge in [0.25, 0.3) is 0 Å². The quantitative estimate of drug-likeness (QED) is 0.789. The molecule has 0 bridgehead atoms. The molecule has 1 aromatic carbocycles. The first-order chi connectivity index (χ1) is 7.34. The van der Waals surface area contributed by atoms with Crippen LogP contribution in [0.3, 0.4) is 0 Å². The van der Waals surface area contributed by atoms with Crippen molar-refractivity contribution in [1.29, 1.82) is 0 Å². The predicted octanol–water partition coefficient (Wildman–Crippen LogP) is 3.80. The van der Waals surface area contributed by atoms with Gasteiger partial charge in [-0.3, -0.25) is 0 Å². The molecule has 0 aromatic heterocycles. The molecule has 1 rings (SSSR count). The van der Waals surface area contributed by atoms with Crippen LogP contribution in [0.25, 0.3) is 0 Å². The fourth-order valence-electron chi connectivity index (χ4n) is 1.58. The molecule has 1 unspecified atom stereocenters. The molecule has 0 aliphatic carbocycles. The molecule has 0 amide bonds. The Kier molecular flexibility index (Phi) is 4.40. The minimum absolute atomic E-state index is 0.0454. The monoisotopic (exact) mass is 239 g/mol. The topological polar surface area (TPSA) is 12.0 Å². The van der Waals surface area contributed by atoms with E-state index in [4.69, 9.17) is 11.6 Å². The summed E-state index contributed by atoms with van der Waals surface area (Å²) in [6.45, 7) is 11.5. The molecule has 90 valence electrons. The summed E-state index contributed by atoms with van der Waals surface area (Å²) < 4.78 is 0. The van der Waals surface area contributed by atoms with Crippen LogP contribution in [0.15, 0.2) is 18.2 Å². The van der Waals surface area contributed by atoms with Gasteiger partial charge in [0, 0.05) is 17.5 Å². The minimum Gasteiger partial charge on any atom is -0.306 e. The fraction of sp³-hybridized carbons (Fsp3) is 0.571. The molecule has 1 nitrogen and oxygen atoms in total. The van der Waals surface area contributed by atoms with Crippen LogP contribution < -0.4 is 5.32 Å². The second-order valence-electron chi connectivity index (χ2n) is 5.06. The first kappa shape index (κ1) is 13.5. The Hall–Kier alpha value is -0.530. The number of aryl methyl sites for hydroxylation is 2. The molecular weight excluding hydrogens is 218 g/mol. The Balaban J connectivity index is 2.75. The lowest BCUT2D eigenvalue weighted by Gasteiger charge is -2.29. The van der Waals surface area contributed by atoms with E-state index < -0.39 is 0 Å². The Bertz CT molecular complexity index is 336. The lowest BCUT2D eigenvalue weighted by molar-refractivity contribution is 0.379. The summed E-state index contributed by atoms with van der Waals surface area (Å²) in [5, 5.41) is 3.63. The van der Waals surface area contributed by atoms with E-state index in [9.17, 15) is 0 Å². The Morgan fingerprint density at radius 2 is 1.75 bits per heavy atom. The lowest BCUT2D eigenvalue weighted by atomic mass is 9.98. The predicted molar refractivity (Wildman–Crippen MR) is 72.1 cm³/mol. The average molecular weight is 240 g/mol. The van der Waals surface area contributed by atoms with Crippen LogP contribution >= 0.6 is 11.6 Å². The summed E-state index contributed by atoms with van der Waals surface area (Å²) in [5.41, 5.74) is 4.01. The summed E-state index contributed by atoms with van der Waals surface area (Å²) in [6.07, 6.45) is 0. The zero-order valence-corrected chi connectivity index (χ0v) is 11.7. The maximum Gasteiger partial charge on any atom is 0.0484 e. The molecule has 0 spiro atoms. The SMILES string of the molecule is Cc1cccc(C)c1CNC(C)(C)C(C)Cl. The van der Waals surface area contributed by atoms with Gasteiger partial charge in [-0.05, 0) is 51.3 Å². The second kappa shape index (κ2) is 5.20. The standard InChI is InChI=1S/C14H22ClN/c1-10-7-6-8-11(2)13(10)9-16-14(4,5)12(3)15/h6-8,12,16H,9H2,1-5H3. The fourth-order valence-corrected chi connectivity index (χ4v) is 1.66. The Labute approximate surface area is 104 Å². The molecule has 0 aliphatic rings. The molecule has 0 radical (unpaired) electrons. The molecule has 0 heterocycles. The van der Waals surface area contributed by atoms with Gasteiger partial charge in [0.2, 0.25) is 0 Å². The van der Waals surface area contributed by atoms with Crippen LogP contribution in [0.1, 0.15) is 37.5 Å². The summed E-state index contributed by atoms with van der Waals surface area (Å²) in [4.78, 5) is 0. The molecular formula is C14H22ClN. The van der Waals surface area contributed by atoms with E-state index in [1.807, 2.05) is 6.92 Å². The molecule has 0 aliphatic heterocycles. The zero-order chi connectivity index (χ0) is 12.3. The van der Waals surface area contributed by atoms with Crippen molar-refractivity contribution >= 4 is 11.6 Å². The van der Waals surface area contributed by atoms with Crippen molar-refractivity contribution < 1.29 is 0 Å². The third-order valence-electron chi connectivity index (χ3n) is 3.36. The van der Waals surface area contributed by atoms with Gasteiger partial charge in [0.05, 0.1) is 0 Å². The molecule has 0 fully saturated rings. The van der Waals surface area contributed by atoms with Crippen LogP contribution in [0.2, 0.25) is 0 Å². The van der Waals surface area contributed by atoms with E-state index in [1.54, 1.807) is 0 Å². The number of rotatable bonds is 4. The highest BCUT2D eigenvalue weighted by Gasteiger charge is 2.23. The number of alkyl halides is 1. The summed E-state index contributed by atoms with van der Waals surface area (Å²) in [7, 11) is 0. The molecule has 1 N–H and O–H groups in total. The minimum atomic E-state index is -0.0454. The van der Waals surface area contributed by atoms with Crippen LogP contribution in [0, 0.1) is 13.8 Å². The van der Waals surface area contributed by atoms with E-state index in [0.717, 1.165) is 6.54 Å². The average Bonchev–Trinajstić information content (AvgIpc) is 2.16. The van der Waals surface area contributed by atoms with Crippen molar-refractivity contribution in [2.45, 2.75) is 52.1 Å². The highest BCUT2D eigenvalue weighted by Crippen LogP contribution is 2.18. The number of halogens is 1. The molecule has 0 saturated heterocycles. The number of nitrogens with one attached hydrogen (secondary N) is 1. The van der Waals surface area contributed by atoms with Crippen molar-refractivity contribution in [2.75, 3.05) is 0 Å². The smallest absolute Gasteiger partial charge is 0.0484 e. The molecule has 1 atom stereocenters. The number of benzene rings is 1. The first-order valence-electron chi connectivity index (χ1n) is 5.79. The van der Waals surface area contributed by atoms with Crippen molar-refractivity contribution in [2.24, 2.45) is 0 Å². The van der Waals surface area contributed by atoms with Crippen LogP contribution in [-0.2, 0) is 6.54 Å². The molecule has 2 heteroatoms. The van der Waals surface area contributed by atoms with Gasteiger partial charge in [-0.15, -0.1) is 11.6 Å². The van der Waals surface area contributed by atoms with Gasteiger partial charge >= 0.3 is 0 Å². The Morgan fingerprint density at radius 1 is 1.25 bits per heavy atom. The van der Waals surface area contributed by atoms with Gasteiger partial charge < -0.3 is 5.32 Å². The highest BCUT2D eigenvalue weighted by atomic mass is 35.5. The lowest BCUT2D eigenvalue weighted by Crippen LogP contribution is -2.45. The number of hydrogen-bond donors (Lipinski definition) is 1. The largest absolute Gasteiger partial charge is 0.306 e. The van der Waals surface area contributed by atoms with Crippen LogP contribution in [0.4, 0.5) is 0 Å². The van der Waals surface area contributed by atoms with Crippen LogP contribution in [-0.4, -0.2) is 10.9 Å². The molecule has 1 aromatic rings. The zero-order valence-electron chi connectivity index (χ0n) is 10.9. The molecule has 0 saturated carbocycles. The Morgan fingerprint density at radius 3 is 2.19 bits per heavy atom. The summed E-state index contributed by atoms with van der Waals surface area (Å²) in [6, 6.07) is 6.41. The van der Waals surface area contributed by atoms with Gasteiger partial charge in [-0.1, -0.05) is 18.2 Å². The second-order valence-corrected chi connectivity index (χ2v) is 5.72. The van der Waals surface area contributed by atoms with E-state index in [0.29, 0.717) is 0 Å². The summed E-state index contributed by atoms with van der Waals surface area (Å²) in [5.74, 6) is 0. The summed E-state index contributed by atoms with van der Waals surface area (Å²) >= 11 is 6.15. The van der Waals surface area contributed by atoms with Gasteiger partial charge in [-0.2, -0.15) is 0 Å². The van der Waals surface area contributed by atoms with E-state index in [2.05, 4.69) is 51.2 Å².